The number of aliphatic hydroxyl groups is 1. The van der Waals surface area contributed by atoms with Crippen LogP contribution >= 0.6 is 11.6 Å². The van der Waals surface area contributed by atoms with Crippen LogP contribution in [0.4, 0.5) is 8.78 Å². The van der Waals surface area contributed by atoms with Gasteiger partial charge in [0.1, 0.15) is 6.04 Å². The van der Waals surface area contributed by atoms with Gasteiger partial charge in [0.05, 0.1) is 0 Å². The highest BCUT2D eigenvalue weighted by atomic mass is 35.5. The van der Waals surface area contributed by atoms with E-state index in [9.17, 15) is 23.5 Å². The van der Waals surface area contributed by atoms with Crippen molar-refractivity contribution < 1.29 is 28.7 Å². The van der Waals surface area contributed by atoms with Crippen LogP contribution in [0.1, 0.15) is 28.4 Å². The Morgan fingerprint density at radius 2 is 1.48 bits per heavy atom. The van der Waals surface area contributed by atoms with Crippen molar-refractivity contribution >= 4 is 23.4 Å². The molecular weight excluding hydrogens is 430 g/mol. The van der Waals surface area contributed by atoms with Gasteiger partial charge in [-0.3, -0.25) is 14.8 Å². The Morgan fingerprint density at radius 3 is 1.94 bits per heavy atom. The number of benzene rings is 2. The first-order valence-corrected chi connectivity index (χ1v) is 9.16. The summed E-state index contributed by atoms with van der Waals surface area (Å²) in [5.41, 5.74) is -0.453. The van der Waals surface area contributed by atoms with E-state index in [1.54, 1.807) is 24.3 Å². The number of carbonyl (C=O) groups is 2. The predicted molar refractivity (Wildman–Crippen MR) is 109 cm³/mol. The van der Waals surface area contributed by atoms with Crippen molar-refractivity contribution in [2.24, 2.45) is 0 Å². The standard InChI is InChI=1S/C22H17ClF2N2O4/c1-22(30,21(24)25)18(20(29)27-31)26-19(28)16-10-6-14(7-11-16)4-2-3-5-15-8-12-17(23)13-9-15/h6-13,18,21,30-31H,1H3,(H,26,28)(H,27,29)/t18-,22?/m1/s1. The fraction of sp³-hybridized carbons (Fsp3) is 0.182. The van der Waals surface area contributed by atoms with Gasteiger partial charge in [0, 0.05) is 21.7 Å². The van der Waals surface area contributed by atoms with E-state index in [-0.39, 0.29) is 5.56 Å². The summed E-state index contributed by atoms with van der Waals surface area (Å²) in [5, 5.41) is 21.1. The third kappa shape index (κ3) is 6.53. The van der Waals surface area contributed by atoms with Crippen molar-refractivity contribution in [1.29, 1.82) is 0 Å². The number of alkyl halides is 2. The molecule has 0 bridgehead atoms. The number of carbonyl (C=O) groups excluding carboxylic acids is 2. The molecule has 2 rings (SSSR count). The van der Waals surface area contributed by atoms with Gasteiger partial charge in [0.2, 0.25) is 0 Å². The molecule has 0 fully saturated rings. The van der Waals surface area contributed by atoms with Gasteiger partial charge < -0.3 is 10.4 Å². The molecule has 2 aromatic carbocycles. The molecule has 0 aromatic heterocycles. The van der Waals surface area contributed by atoms with Crippen LogP contribution in [0.15, 0.2) is 48.5 Å². The number of hydrogen-bond acceptors (Lipinski definition) is 4. The molecule has 0 spiro atoms. The molecular formula is C22H17ClF2N2O4. The van der Waals surface area contributed by atoms with Crippen LogP contribution < -0.4 is 10.8 Å². The number of hydrogen-bond donors (Lipinski definition) is 4. The van der Waals surface area contributed by atoms with E-state index in [1.807, 2.05) is 5.32 Å². The zero-order chi connectivity index (χ0) is 23.0. The molecule has 6 nitrogen and oxygen atoms in total. The van der Waals surface area contributed by atoms with E-state index < -0.39 is 29.9 Å². The smallest absolute Gasteiger partial charge is 0.269 e. The molecule has 2 amide bonds. The maximum Gasteiger partial charge on any atom is 0.269 e. The second kappa shape index (κ2) is 10.6. The Balaban J connectivity index is 2.10. The third-order valence-electron chi connectivity index (χ3n) is 4.14. The highest BCUT2D eigenvalue weighted by Gasteiger charge is 2.46. The molecule has 4 N–H and O–H groups in total. The van der Waals surface area contributed by atoms with E-state index in [2.05, 4.69) is 23.7 Å². The second-order valence-electron chi connectivity index (χ2n) is 6.49. The Morgan fingerprint density at radius 1 is 1.00 bits per heavy atom. The maximum absolute atomic E-state index is 13.0. The van der Waals surface area contributed by atoms with Crippen molar-refractivity contribution in [2.45, 2.75) is 25.0 Å². The average Bonchev–Trinajstić information content (AvgIpc) is 2.75. The normalized spacial score (nSPS) is 13.0. The molecule has 0 aliphatic rings. The zero-order valence-electron chi connectivity index (χ0n) is 16.1. The average molecular weight is 447 g/mol. The number of rotatable bonds is 5. The molecule has 0 heterocycles. The number of hydroxylamine groups is 1. The van der Waals surface area contributed by atoms with Crippen molar-refractivity contribution in [3.05, 3.63) is 70.2 Å². The largest absolute Gasteiger partial charge is 0.381 e. The highest BCUT2D eigenvalue weighted by Crippen LogP contribution is 2.20. The topological polar surface area (TPSA) is 98.7 Å². The minimum absolute atomic E-state index is 0.0265. The summed E-state index contributed by atoms with van der Waals surface area (Å²) in [6.07, 6.45) is -3.36. The first-order chi connectivity index (χ1) is 14.6. The molecule has 160 valence electrons. The first-order valence-electron chi connectivity index (χ1n) is 8.78. The van der Waals surface area contributed by atoms with Crippen molar-refractivity contribution in [3.63, 3.8) is 0 Å². The lowest BCUT2D eigenvalue weighted by Gasteiger charge is -2.30. The molecule has 2 aromatic rings. The van der Waals surface area contributed by atoms with Crippen LogP contribution in [-0.2, 0) is 4.79 Å². The van der Waals surface area contributed by atoms with Crippen molar-refractivity contribution in [2.75, 3.05) is 0 Å². The summed E-state index contributed by atoms with van der Waals surface area (Å²) in [7, 11) is 0. The van der Waals surface area contributed by atoms with Gasteiger partial charge in [-0.05, 0) is 67.3 Å². The van der Waals surface area contributed by atoms with Gasteiger partial charge in [-0.15, -0.1) is 0 Å². The Hall–Kier alpha value is -3.43. The summed E-state index contributed by atoms with van der Waals surface area (Å²) in [4.78, 5) is 23.9. The SMILES string of the molecule is CC(O)(C(F)F)[C@H](NC(=O)c1ccc(C#CC#Cc2ccc(Cl)cc2)cc1)C(=O)NO. The first kappa shape index (κ1) is 23.8. The van der Waals surface area contributed by atoms with Gasteiger partial charge in [-0.2, -0.15) is 0 Å². The van der Waals surface area contributed by atoms with Gasteiger partial charge in [-0.25, -0.2) is 14.3 Å². The minimum Gasteiger partial charge on any atom is -0.381 e. The number of amides is 2. The van der Waals surface area contributed by atoms with Gasteiger partial charge in [0.15, 0.2) is 5.60 Å². The number of halogens is 3. The quantitative estimate of drug-likeness (QED) is 0.322. The number of nitrogens with one attached hydrogen (secondary N) is 2. The molecule has 2 atom stereocenters. The zero-order valence-corrected chi connectivity index (χ0v) is 16.9. The van der Waals surface area contributed by atoms with Crippen molar-refractivity contribution in [3.8, 4) is 23.7 Å². The Labute approximate surface area is 182 Å². The van der Waals surface area contributed by atoms with E-state index in [4.69, 9.17) is 16.8 Å². The summed E-state index contributed by atoms with van der Waals surface area (Å²) in [5.74, 6) is 8.67. The van der Waals surface area contributed by atoms with Crippen LogP contribution in [0.5, 0.6) is 0 Å². The summed E-state index contributed by atoms with van der Waals surface area (Å²) in [6.45, 7) is 0.668. The van der Waals surface area contributed by atoms with Crippen LogP contribution in [0.3, 0.4) is 0 Å². The summed E-state index contributed by atoms with van der Waals surface area (Å²) in [6, 6.07) is 10.5. The van der Waals surface area contributed by atoms with Crippen LogP contribution in [0.2, 0.25) is 5.02 Å². The lowest BCUT2D eigenvalue weighted by atomic mass is 9.95. The van der Waals surface area contributed by atoms with E-state index in [0.29, 0.717) is 17.5 Å². The molecule has 0 aliphatic carbocycles. The van der Waals surface area contributed by atoms with Crippen LogP contribution in [-0.4, -0.2) is 40.2 Å². The Bertz CT molecular complexity index is 1060. The van der Waals surface area contributed by atoms with Gasteiger partial charge in [0.25, 0.3) is 18.2 Å². The van der Waals surface area contributed by atoms with Gasteiger partial charge >= 0.3 is 0 Å². The van der Waals surface area contributed by atoms with E-state index in [0.717, 1.165) is 11.0 Å². The molecule has 0 aliphatic heterocycles. The molecule has 0 saturated carbocycles. The maximum atomic E-state index is 13.0. The lowest BCUT2D eigenvalue weighted by molar-refractivity contribution is -0.149. The van der Waals surface area contributed by atoms with E-state index >= 15 is 0 Å². The lowest BCUT2D eigenvalue weighted by Crippen LogP contribution is -2.61. The summed E-state index contributed by atoms with van der Waals surface area (Å²) >= 11 is 5.79. The molecule has 0 radical (unpaired) electrons. The molecule has 31 heavy (non-hydrogen) atoms. The van der Waals surface area contributed by atoms with Crippen LogP contribution in [0, 0.1) is 23.7 Å². The fourth-order valence-electron chi connectivity index (χ4n) is 2.33. The molecule has 0 saturated heterocycles. The van der Waals surface area contributed by atoms with Crippen molar-refractivity contribution in [1.82, 2.24) is 10.8 Å². The van der Waals surface area contributed by atoms with Gasteiger partial charge in [-0.1, -0.05) is 23.4 Å². The summed E-state index contributed by atoms with van der Waals surface area (Å²) < 4.78 is 26.1. The molecule has 1 unspecified atom stereocenters. The minimum atomic E-state index is -3.36. The monoisotopic (exact) mass is 446 g/mol. The van der Waals surface area contributed by atoms with Crippen LogP contribution in [0.25, 0.3) is 0 Å². The third-order valence-corrected chi connectivity index (χ3v) is 4.39. The predicted octanol–water partition coefficient (Wildman–Crippen LogP) is 2.36. The second-order valence-corrected chi connectivity index (χ2v) is 6.93. The van der Waals surface area contributed by atoms with E-state index in [1.165, 1.54) is 24.3 Å². The highest BCUT2D eigenvalue weighted by molar-refractivity contribution is 6.30. The Kier molecular flexibility index (Phi) is 8.12. The molecule has 9 heteroatoms. The fourth-order valence-corrected chi connectivity index (χ4v) is 2.45.